The van der Waals surface area contributed by atoms with Gasteiger partial charge in [-0.1, -0.05) is 6.07 Å². The van der Waals surface area contributed by atoms with E-state index in [1.165, 1.54) is 11.3 Å². The van der Waals surface area contributed by atoms with Crippen LogP contribution in [0.4, 0.5) is 0 Å². The van der Waals surface area contributed by atoms with E-state index in [0.717, 1.165) is 49.4 Å². The van der Waals surface area contributed by atoms with Gasteiger partial charge < -0.3 is 14.2 Å². The summed E-state index contributed by atoms with van der Waals surface area (Å²) in [5.74, 6) is 2.60. The molecule has 6 nitrogen and oxygen atoms in total. The van der Waals surface area contributed by atoms with Crippen molar-refractivity contribution in [1.82, 2.24) is 15.0 Å². The Morgan fingerprint density at radius 2 is 1.86 bits per heavy atom. The monoisotopic (exact) mass is 395 g/mol. The Morgan fingerprint density at radius 3 is 2.59 bits per heavy atom. The third-order valence-corrected chi connectivity index (χ3v) is 6.57. The SMILES string of the molecule is Cc1ccc(C2CC2COc2nc(C)ncc2C2CCC3(CC2)OCCO3)nc1. The molecular weight excluding hydrogens is 366 g/mol. The molecule has 1 aliphatic heterocycles. The average Bonchev–Trinajstić information content (AvgIpc) is 3.38. The smallest absolute Gasteiger partial charge is 0.220 e. The topological polar surface area (TPSA) is 66.4 Å². The van der Waals surface area contributed by atoms with E-state index in [0.29, 0.717) is 37.6 Å². The minimum Gasteiger partial charge on any atom is -0.477 e. The Morgan fingerprint density at radius 1 is 1.07 bits per heavy atom. The van der Waals surface area contributed by atoms with Crippen molar-refractivity contribution in [3.63, 3.8) is 0 Å². The number of ether oxygens (including phenoxy) is 3. The second-order valence-electron chi connectivity index (χ2n) is 8.73. The number of hydrogen-bond donors (Lipinski definition) is 0. The fourth-order valence-electron chi connectivity index (χ4n) is 4.69. The van der Waals surface area contributed by atoms with Crippen molar-refractivity contribution in [2.24, 2.45) is 5.92 Å². The van der Waals surface area contributed by atoms with Crippen molar-refractivity contribution in [3.8, 4) is 5.88 Å². The van der Waals surface area contributed by atoms with Crippen LogP contribution in [0.3, 0.4) is 0 Å². The predicted molar refractivity (Wildman–Crippen MR) is 108 cm³/mol. The van der Waals surface area contributed by atoms with E-state index in [2.05, 4.69) is 34.0 Å². The second kappa shape index (κ2) is 7.65. The molecule has 2 atom stereocenters. The molecule has 29 heavy (non-hydrogen) atoms. The fraction of sp³-hybridized carbons (Fsp3) is 0.609. The number of aryl methyl sites for hydroxylation is 2. The van der Waals surface area contributed by atoms with E-state index in [4.69, 9.17) is 14.2 Å². The third kappa shape index (κ3) is 4.01. The van der Waals surface area contributed by atoms with Crippen LogP contribution in [0.5, 0.6) is 5.88 Å². The summed E-state index contributed by atoms with van der Waals surface area (Å²) in [7, 11) is 0. The molecule has 0 amide bonds. The molecule has 154 valence electrons. The zero-order chi connectivity index (χ0) is 19.8. The van der Waals surface area contributed by atoms with Crippen molar-refractivity contribution in [2.45, 2.75) is 63.6 Å². The quantitative estimate of drug-likeness (QED) is 0.760. The summed E-state index contributed by atoms with van der Waals surface area (Å²) in [4.78, 5) is 13.7. The number of aromatic nitrogens is 3. The van der Waals surface area contributed by atoms with E-state index in [9.17, 15) is 0 Å². The van der Waals surface area contributed by atoms with Crippen LogP contribution in [0.1, 0.15) is 66.6 Å². The van der Waals surface area contributed by atoms with Crippen LogP contribution < -0.4 is 4.74 Å². The van der Waals surface area contributed by atoms with Gasteiger partial charge in [0.2, 0.25) is 5.88 Å². The summed E-state index contributed by atoms with van der Waals surface area (Å²) in [5, 5.41) is 0. The first-order valence-corrected chi connectivity index (χ1v) is 10.8. The molecule has 1 saturated heterocycles. The van der Waals surface area contributed by atoms with Gasteiger partial charge in [-0.3, -0.25) is 4.98 Å². The summed E-state index contributed by atoms with van der Waals surface area (Å²) in [5.41, 5.74) is 3.51. The Bertz CT molecular complexity index is 854. The molecule has 2 unspecified atom stereocenters. The lowest BCUT2D eigenvalue weighted by Gasteiger charge is -2.35. The molecule has 6 heteroatoms. The highest BCUT2D eigenvalue weighted by atomic mass is 16.7. The van der Waals surface area contributed by atoms with Gasteiger partial charge in [-0.05, 0) is 50.7 Å². The zero-order valence-electron chi connectivity index (χ0n) is 17.3. The minimum absolute atomic E-state index is 0.342. The Kier molecular flexibility index (Phi) is 5.00. The molecule has 2 aliphatic carbocycles. The van der Waals surface area contributed by atoms with Crippen molar-refractivity contribution >= 4 is 0 Å². The van der Waals surface area contributed by atoms with Crippen LogP contribution in [-0.2, 0) is 9.47 Å². The van der Waals surface area contributed by atoms with Crippen LogP contribution in [-0.4, -0.2) is 40.6 Å². The summed E-state index contributed by atoms with van der Waals surface area (Å²) in [6.07, 6.45) is 8.93. The number of rotatable bonds is 5. The van der Waals surface area contributed by atoms with Gasteiger partial charge in [0.15, 0.2) is 5.79 Å². The molecule has 2 aromatic rings. The van der Waals surface area contributed by atoms with Crippen molar-refractivity contribution < 1.29 is 14.2 Å². The molecule has 2 saturated carbocycles. The minimum atomic E-state index is -0.342. The number of hydrogen-bond acceptors (Lipinski definition) is 6. The van der Waals surface area contributed by atoms with Crippen LogP contribution in [0.15, 0.2) is 24.5 Å². The van der Waals surface area contributed by atoms with Crippen LogP contribution in [0.25, 0.3) is 0 Å². The Balaban J connectivity index is 1.23. The fourth-order valence-corrected chi connectivity index (χ4v) is 4.69. The number of nitrogens with zero attached hydrogens (tertiary/aromatic N) is 3. The summed E-state index contributed by atoms with van der Waals surface area (Å²) < 4.78 is 18.0. The van der Waals surface area contributed by atoms with E-state index in [1.807, 2.05) is 19.3 Å². The first kappa shape index (κ1) is 18.9. The van der Waals surface area contributed by atoms with Crippen molar-refractivity contribution in [2.75, 3.05) is 19.8 Å². The van der Waals surface area contributed by atoms with Gasteiger partial charge in [0.05, 0.1) is 19.8 Å². The summed E-state index contributed by atoms with van der Waals surface area (Å²) in [6, 6.07) is 4.28. The standard InChI is InChI=1S/C23H29N3O3/c1-15-3-4-21(25-12-15)19-11-18(19)14-27-22-20(13-24-16(2)26-22)17-5-7-23(8-6-17)28-9-10-29-23/h3-4,12-13,17-19H,5-11,14H2,1-2H3. The lowest BCUT2D eigenvalue weighted by atomic mass is 9.81. The highest BCUT2D eigenvalue weighted by Gasteiger charge is 2.42. The first-order valence-electron chi connectivity index (χ1n) is 10.8. The van der Waals surface area contributed by atoms with Crippen LogP contribution in [0, 0.1) is 19.8 Å². The average molecular weight is 396 g/mol. The van der Waals surface area contributed by atoms with Crippen LogP contribution >= 0.6 is 0 Å². The maximum Gasteiger partial charge on any atom is 0.220 e. The molecule has 1 spiro atoms. The first-order chi connectivity index (χ1) is 14.1. The van der Waals surface area contributed by atoms with Crippen molar-refractivity contribution in [3.05, 3.63) is 47.2 Å². The molecule has 0 radical (unpaired) electrons. The molecule has 0 aromatic carbocycles. The maximum atomic E-state index is 6.25. The van der Waals surface area contributed by atoms with Gasteiger partial charge in [-0.25, -0.2) is 4.98 Å². The highest BCUT2D eigenvalue weighted by molar-refractivity contribution is 5.29. The largest absolute Gasteiger partial charge is 0.477 e. The Hall–Kier alpha value is -2.05. The van der Waals surface area contributed by atoms with Gasteiger partial charge in [0.1, 0.15) is 5.82 Å². The molecule has 3 aliphatic rings. The van der Waals surface area contributed by atoms with Gasteiger partial charge in [-0.15, -0.1) is 0 Å². The lowest BCUT2D eigenvalue weighted by molar-refractivity contribution is -0.178. The molecule has 3 fully saturated rings. The van der Waals surface area contributed by atoms with Gasteiger partial charge in [-0.2, -0.15) is 4.98 Å². The molecule has 2 aromatic heterocycles. The predicted octanol–water partition coefficient (Wildman–Crippen LogP) is 4.07. The maximum absolute atomic E-state index is 6.25. The highest BCUT2D eigenvalue weighted by Crippen LogP contribution is 2.48. The van der Waals surface area contributed by atoms with E-state index < -0.39 is 0 Å². The van der Waals surface area contributed by atoms with E-state index in [-0.39, 0.29) is 5.79 Å². The van der Waals surface area contributed by atoms with Crippen molar-refractivity contribution in [1.29, 1.82) is 0 Å². The summed E-state index contributed by atoms with van der Waals surface area (Å²) >= 11 is 0. The van der Waals surface area contributed by atoms with Gasteiger partial charge in [0.25, 0.3) is 0 Å². The van der Waals surface area contributed by atoms with Gasteiger partial charge >= 0.3 is 0 Å². The molecule has 5 rings (SSSR count). The van der Waals surface area contributed by atoms with Gasteiger partial charge in [0, 0.05) is 48.3 Å². The van der Waals surface area contributed by atoms with E-state index >= 15 is 0 Å². The normalized spacial score (nSPS) is 26.0. The lowest BCUT2D eigenvalue weighted by Crippen LogP contribution is -2.34. The third-order valence-electron chi connectivity index (χ3n) is 6.57. The molecule has 0 bridgehead atoms. The second-order valence-corrected chi connectivity index (χ2v) is 8.73. The molecular formula is C23H29N3O3. The molecule has 3 heterocycles. The van der Waals surface area contributed by atoms with E-state index in [1.54, 1.807) is 0 Å². The molecule has 0 N–H and O–H groups in total. The zero-order valence-corrected chi connectivity index (χ0v) is 17.3. The number of pyridine rings is 1. The summed E-state index contributed by atoms with van der Waals surface area (Å²) in [6.45, 7) is 6.10. The Labute approximate surface area is 172 Å². The van der Waals surface area contributed by atoms with Crippen LogP contribution in [0.2, 0.25) is 0 Å².